The van der Waals surface area contributed by atoms with Crippen LogP contribution in [0, 0.1) is 0 Å². The van der Waals surface area contributed by atoms with E-state index in [9.17, 15) is 5.11 Å². The van der Waals surface area contributed by atoms with Gasteiger partial charge < -0.3 is 15.2 Å². The van der Waals surface area contributed by atoms with Gasteiger partial charge in [-0.15, -0.1) is 0 Å². The van der Waals surface area contributed by atoms with E-state index in [2.05, 4.69) is 5.32 Å². The molecular formula is C13H23NO2. The molecule has 0 amide bonds. The molecule has 0 aromatic rings. The molecule has 1 heterocycles. The smallest absolute Gasteiger partial charge is 0.0697 e. The van der Waals surface area contributed by atoms with E-state index in [-0.39, 0.29) is 11.1 Å². The highest BCUT2D eigenvalue weighted by Gasteiger charge is 2.45. The van der Waals surface area contributed by atoms with E-state index in [1.807, 2.05) is 0 Å². The molecule has 3 rings (SSSR count). The molecule has 0 aromatic heterocycles. The van der Waals surface area contributed by atoms with Crippen LogP contribution in [0.15, 0.2) is 0 Å². The Kier molecular flexibility index (Phi) is 2.73. The lowest BCUT2D eigenvalue weighted by Crippen LogP contribution is -2.61. The lowest BCUT2D eigenvalue weighted by atomic mass is 9.72. The van der Waals surface area contributed by atoms with Crippen LogP contribution in [0.3, 0.4) is 0 Å². The molecule has 0 bridgehead atoms. The molecule has 0 radical (unpaired) electrons. The molecule has 3 aliphatic rings. The maximum absolute atomic E-state index is 9.47. The number of aliphatic hydroxyl groups excluding tert-OH is 1. The number of ether oxygens (including phenoxy) is 1. The van der Waals surface area contributed by atoms with Crippen LogP contribution in [0.25, 0.3) is 0 Å². The highest BCUT2D eigenvalue weighted by Crippen LogP contribution is 2.43. The Balaban J connectivity index is 1.58. The summed E-state index contributed by atoms with van der Waals surface area (Å²) in [6.07, 6.45) is 9.66. The van der Waals surface area contributed by atoms with Crippen LogP contribution in [-0.4, -0.2) is 35.5 Å². The Labute approximate surface area is 97.6 Å². The first kappa shape index (κ1) is 11.0. The fourth-order valence-electron chi connectivity index (χ4n) is 3.46. The monoisotopic (exact) mass is 225 g/mol. The summed E-state index contributed by atoms with van der Waals surface area (Å²) in [6.45, 7) is 1.20. The first-order valence-corrected chi connectivity index (χ1v) is 6.79. The van der Waals surface area contributed by atoms with Crippen molar-refractivity contribution in [3.8, 4) is 0 Å². The number of nitrogens with one attached hydrogen (secondary N) is 1. The predicted octanol–water partition coefficient (Wildman–Crippen LogP) is 1.59. The fraction of sp³-hybridized carbons (Fsp3) is 1.00. The molecule has 1 saturated heterocycles. The van der Waals surface area contributed by atoms with Crippen molar-refractivity contribution in [2.45, 2.75) is 68.5 Å². The molecule has 3 heteroatoms. The first-order chi connectivity index (χ1) is 7.76. The molecule has 1 atom stereocenters. The van der Waals surface area contributed by atoms with Crippen LogP contribution >= 0.6 is 0 Å². The summed E-state index contributed by atoms with van der Waals surface area (Å²) in [4.78, 5) is 0. The average molecular weight is 225 g/mol. The third kappa shape index (κ3) is 1.79. The molecule has 1 unspecified atom stereocenters. The van der Waals surface area contributed by atoms with Gasteiger partial charge >= 0.3 is 0 Å². The zero-order valence-electron chi connectivity index (χ0n) is 10.0. The Hall–Kier alpha value is -0.120. The molecule has 1 spiro atoms. The second-order valence-corrected chi connectivity index (χ2v) is 6.01. The van der Waals surface area contributed by atoms with Gasteiger partial charge in [0.05, 0.1) is 12.2 Å². The number of hydrogen-bond donors (Lipinski definition) is 2. The molecule has 3 nitrogen and oxygen atoms in total. The summed E-state index contributed by atoms with van der Waals surface area (Å²) in [7, 11) is 0. The van der Waals surface area contributed by atoms with Crippen molar-refractivity contribution in [1.82, 2.24) is 5.32 Å². The van der Waals surface area contributed by atoms with E-state index in [1.165, 1.54) is 25.7 Å². The van der Waals surface area contributed by atoms with Crippen molar-refractivity contribution in [3.63, 3.8) is 0 Å². The maximum atomic E-state index is 9.47. The maximum Gasteiger partial charge on any atom is 0.0697 e. The molecule has 2 aliphatic carbocycles. The van der Waals surface area contributed by atoms with Crippen molar-refractivity contribution in [2.75, 3.05) is 13.2 Å². The highest BCUT2D eigenvalue weighted by atomic mass is 16.5. The average Bonchev–Trinajstić information content (AvgIpc) is 2.22. The Morgan fingerprint density at radius 2 is 1.94 bits per heavy atom. The van der Waals surface area contributed by atoms with Crippen LogP contribution in [0.4, 0.5) is 0 Å². The molecule has 2 N–H and O–H groups in total. The SMILES string of the molecule is OCC1(NC2CCOC3(CCC3)C2)CCC1. The normalized spacial score (nSPS) is 35.4. The largest absolute Gasteiger partial charge is 0.394 e. The van der Waals surface area contributed by atoms with Crippen LogP contribution in [0.1, 0.15) is 51.4 Å². The summed E-state index contributed by atoms with van der Waals surface area (Å²) in [5, 5.41) is 13.2. The van der Waals surface area contributed by atoms with E-state index in [4.69, 9.17) is 4.74 Å². The van der Waals surface area contributed by atoms with Crippen molar-refractivity contribution in [1.29, 1.82) is 0 Å². The molecular weight excluding hydrogens is 202 g/mol. The van der Waals surface area contributed by atoms with Gasteiger partial charge in [0.2, 0.25) is 0 Å². The second-order valence-electron chi connectivity index (χ2n) is 6.01. The predicted molar refractivity (Wildman–Crippen MR) is 62.4 cm³/mol. The Morgan fingerprint density at radius 3 is 2.44 bits per heavy atom. The van der Waals surface area contributed by atoms with Gasteiger partial charge in [-0.1, -0.05) is 0 Å². The van der Waals surface area contributed by atoms with E-state index in [1.54, 1.807) is 0 Å². The third-order valence-corrected chi connectivity index (χ3v) is 4.88. The summed E-state index contributed by atoms with van der Waals surface area (Å²) in [5.41, 5.74) is 0.281. The van der Waals surface area contributed by atoms with E-state index in [0.717, 1.165) is 32.3 Å². The zero-order chi connectivity index (χ0) is 11.1. The number of aliphatic hydroxyl groups is 1. The van der Waals surface area contributed by atoms with Crippen LogP contribution in [0.5, 0.6) is 0 Å². The molecule has 1 aliphatic heterocycles. The summed E-state index contributed by atoms with van der Waals surface area (Å²) in [6, 6.07) is 0.571. The van der Waals surface area contributed by atoms with Gasteiger partial charge in [-0.3, -0.25) is 0 Å². The summed E-state index contributed by atoms with van der Waals surface area (Å²) < 4.78 is 5.93. The van der Waals surface area contributed by atoms with E-state index in [0.29, 0.717) is 12.6 Å². The van der Waals surface area contributed by atoms with Gasteiger partial charge in [0.15, 0.2) is 0 Å². The van der Waals surface area contributed by atoms with Crippen molar-refractivity contribution < 1.29 is 9.84 Å². The zero-order valence-corrected chi connectivity index (χ0v) is 10.0. The van der Waals surface area contributed by atoms with E-state index >= 15 is 0 Å². The Morgan fingerprint density at radius 1 is 1.19 bits per heavy atom. The quantitative estimate of drug-likeness (QED) is 0.766. The van der Waals surface area contributed by atoms with Gasteiger partial charge in [0.25, 0.3) is 0 Å². The lowest BCUT2D eigenvalue weighted by molar-refractivity contribution is -0.140. The van der Waals surface area contributed by atoms with Gasteiger partial charge in [-0.25, -0.2) is 0 Å². The van der Waals surface area contributed by atoms with E-state index < -0.39 is 0 Å². The molecule has 3 fully saturated rings. The standard InChI is InChI=1S/C13H23NO2/c15-10-12(4-1-5-12)14-11-3-8-16-13(9-11)6-2-7-13/h11,14-15H,1-10H2. The second kappa shape index (κ2) is 3.97. The van der Waals surface area contributed by atoms with Crippen LogP contribution in [0.2, 0.25) is 0 Å². The van der Waals surface area contributed by atoms with Crippen LogP contribution < -0.4 is 5.32 Å². The topological polar surface area (TPSA) is 41.5 Å². The first-order valence-electron chi connectivity index (χ1n) is 6.79. The Bertz CT molecular complexity index is 253. The lowest BCUT2D eigenvalue weighted by Gasteiger charge is -2.51. The summed E-state index contributed by atoms with van der Waals surface area (Å²) in [5.74, 6) is 0. The van der Waals surface area contributed by atoms with Crippen LogP contribution in [-0.2, 0) is 4.74 Å². The molecule has 16 heavy (non-hydrogen) atoms. The minimum absolute atomic E-state index is 0.0624. The summed E-state index contributed by atoms with van der Waals surface area (Å²) >= 11 is 0. The van der Waals surface area contributed by atoms with Gasteiger partial charge in [0, 0.05) is 18.2 Å². The molecule has 92 valence electrons. The molecule has 0 aromatic carbocycles. The third-order valence-electron chi connectivity index (χ3n) is 4.88. The van der Waals surface area contributed by atoms with Crippen molar-refractivity contribution in [2.24, 2.45) is 0 Å². The van der Waals surface area contributed by atoms with Gasteiger partial charge in [-0.2, -0.15) is 0 Å². The number of hydrogen-bond acceptors (Lipinski definition) is 3. The van der Waals surface area contributed by atoms with Crippen molar-refractivity contribution in [3.05, 3.63) is 0 Å². The fourth-order valence-corrected chi connectivity index (χ4v) is 3.46. The highest BCUT2D eigenvalue weighted by molar-refractivity contribution is 5.02. The van der Waals surface area contributed by atoms with Crippen molar-refractivity contribution >= 4 is 0 Å². The number of rotatable bonds is 3. The van der Waals surface area contributed by atoms with Gasteiger partial charge in [0.1, 0.15) is 0 Å². The minimum atomic E-state index is 0.0624. The van der Waals surface area contributed by atoms with Gasteiger partial charge in [-0.05, 0) is 51.4 Å². The molecule has 2 saturated carbocycles. The minimum Gasteiger partial charge on any atom is -0.394 e.